The molecule has 0 saturated heterocycles. The van der Waals surface area contributed by atoms with E-state index in [1.807, 2.05) is 13.8 Å². The van der Waals surface area contributed by atoms with Gasteiger partial charge in [-0.3, -0.25) is 4.79 Å². The van der Waals surface area contributed by atoms with E-state index in [-0.39, 0.29) is 17.8 Å². The Hall–Kier alpha value is -1.30. The molecule has 0 heterocycles. The quantitative estimate of drug-likeness (QED) is 0.155. The number of hydrogen-bond donors (Lipinski definition) is 4. The van der Waals surface area contributed by atoms with Gasteiger partial charge in [0.25, 0.3) is 0 Å². The summed E-state index contributed by atoms with van der Waals surface area (Å²) < 4.78 is 0. The minimum Gasteiger partial charge on any atom is -0.409 e. The van der Waals surface area contributed by atoms with Gasteiger partial charge in [0, 0.05) is 25.4 Å². The third kappa shape index (κ3) is 11.0. The number of nitrogens with one attached hydrogen (secondary N) is 2. The standard InChI is InChI=1S/C11H24N4O2/c1-9(2)14-11(16)6-8-13-7-4-3-5-10(12)15-17/h9,13,17H,3-8H2,1-2H3,(H2,12,15)(H,14,16). The van der Waals surface area contributed by atoms with Crippen molar-refractivity contribution in [2.45, 2.75) is 45.6 Å². The third-order valence-electron chi connectivity index (χ3n) is 2.14. The van der Waals surface area contributed by atoms with Crippen LogP contribution in [0.15, 0.2) is 5.16 Å². The molecule has 0 unspecified atom stereocenters. The molecule has 0 aliphatic heterocycles. The molecular weight excluding hydrogens is 220 g/mol. The SMILES string of the molecule is CC(C)NC(=O)CCNCCCCC(N)=NO. The maximum absolute atomic E-state index is 11.3. The van der Waals surface area contributed by atoms with Crippen molar-refractivity contribution in [1.29, 1.82) is 0 Å². The zero-order chi connectivity index (χ0) is 13.1. The first kappa shape index (κ1) is 15.7. The molecular formula is C11H24N4O2. The molecule has 0 bridgehead atoms. The van der Waals surface area contributed by atoms with Gasteiger partial charge in [-0.15, -0.1) is 0 Å². The second-order valence-electron chi connectivity index (χ2n) is 4.27. The van der Waals surface area contributed by atoms with Crippen molar-refractivity contribution in [2.24, 2.45) is 10.9 Å². The summed E-state index contributed by atoms with van der Waals surface area (Å²) in [6.07, 6.45) is 2.92. The van der Waals surface area contributed by atoms with Crippen molar-refractivity contribution in [1.82, 2.24) is 10.6 Å². The number of nitrogens with two attached hydrogens (primary N) is 1. The normalized spacial score (nSPS) is 11.8. The zero-order valence-corrected chi connectivity index (χ0v) is 10.7. The molecule has 0 saturated carbocycles. The maximum Gasteiger partial charge on any atom is 0.221 e. The average Bonchev–Trinajstić information content (AvgIpc) is 2.26. The van der Waals surface area contributed by atoms with Crippen LogP contribution >= 0.6 is 0 Å². The van der Waals surface area contributed by atoms with Gasteiger partial charge >= 0.3 is 0 Å². The highest BCUT2D eigenvalue weighted by Gasteiger charge is 2.01. The van der Waals surface area contributed by atoms with E-state index in [0.29, 0.717) is 19.4 Å². The van der Waals surface area contributed by atoms with Gasteiger partial charge in [0.2, 0.25) is 5.91 Å². The van der Waals surface area contributed by atoms with Crippen molar-refractivity contribution in [3.05, 3.63) is 0 Å². The van der Waals surface area contributed by atoms with Gasteiger partial charge in [0.15, 0.2) is 0 Å². The molecule has 17 heavy (non-hydrogen) atoms. The number of rotatable bonds is 9. The first-order valence-electron chi connectivity index (χ1n) is 6.02. The minimum absolute atomic E-state index is 0.0733. The van der Waals surface area contributed by atoms with Crippen LogP contribution in [0.2, 0.25) is 0 Å². The van der Waals surface area contributed by atoms with Gasteiger partial charge < -0.3 is 21.6 Å². The van der Waals surface area contributed by atoms with Gasteiger partial charge in [0.1, 0.15) is 5.84 Å². The molecule has 0 rings (SSSR count). The lowest BCUT2D eigenvalue weighted by molar-refractivity contribution is -0.121. The number of unbranched alkanes of at least 4 members (excludes halogenated alkanes) is 1. The predicted molar refractivity (Wildman–Crippen MR) is 68.0 cm³/mol. The highest BCUT2D eigenvalue weighted by Crippen LogP contribution is 1.93. The summed E-state index contributed by atoms with van der Waals surface area (Å²) in [5, 5.41) is 17.2. The highest BCUT2D eigenvalue weighted by atomic mass is 16.4. The van der Waals surface area contributed by atoms with E-state index in [0.717, 1.165) is 19.4 Å². The topological polar surface area (TPSA) is 99.7 Å². The molecule has 0 fully saturated rings. The monoisotopic (exact) mass is 244 g/mol. The van der Waals surface area contributed by atoms with E-state index in [9.17, 15) is 4.79 Å². The molecule has 0 spiro atoms. The maximum atomic E-state index is 11.3. The summed E-state index contributed by atoms with van der Waals surface area (Å²) in [6.45, 7) is 5.41. The van der Waals surface area contributed by atoms with E-state index >= 15 is 0 Å². The van der Waals surface area contributed by atoms with Crippen LogP contribution in [0.25, 0.3) is 0 Å². The Morgan fingerprint density at radius 1 is 1.29 bits per heavy atom. The fourth-order valence-corrected chi connectivity index (χ4v) is 1.33. The number of amides is 1. The van der Waals surface area contributed by atoms with Crippen molar-refractivity contribution >= 4 is 11.7 Å². The Kier molecular flexibility index (Phi) is 9.14. The summed E-state index contributed by atoms with van der Waals surface area (Å²) in [4.78, 5) is 11.3. The molecule has 0 atom stereocenters. The number of hydrogen-bond acceptors (Lipinski definition) is 4. The van der Waals surface area contributed by atoms with Crippen LogP contribution in [0.3, 0.4) is 0 Å². The molecule has 0 aromatic heterocycles. The Morgan fingerprint density at radius 2 is 2.00 bits per heavy atom. The Labute approximate surface area is 103 Å². The minimum atomic E-state index is 0.0733. The predicted octanol–water partition coefficient (Wildman–Crippen LogP) is 0.407. The molecule has 1 amide bonds. The number of amidine groups is 1. The molecule has 0 aromatic carbocycles. The van der Waals surface area contributed by atoms with E-state index < -0.39 is 0 Å². The first-order chi connectivity index (χ1) is 8.06. The molecule has 5 N–H and O–H groups in total. The number of nitrogens with zero attached hydrogens (tertiary/aromatic N) is 1. The lowest BCUT2D eigenvalue weighted by Gasteiger charge is -2.08. The third-order valence-corrected chi connectivity index (χ3v) is 2.14. The number of carbonyl (C=O) groups excluding carboxylic acids is 1. The van der Waals surface area contributed by atoms with Gasteiger partial charge in [-0.25, -0.2) is 0 Å². The van der Waals surface area contributed by atoms with Gasteiger partial charge in [-0.1, -0.05) is 5.16 Å². The number of oxime groups is 1. The van der Waals surface area contributed by atoms with Crippen molar-refractivity contribution < 1.29 is 10.0 Å². The molecule has 0 radical (unpaired) electrons. The van der Waals surface area contributed by atoms with Gasteiger partial charge in [-0.2, -0.15) is 0 Å². The Bertz CT molecular complexity index is 242. The summed E-state index contributed by atoms with van der Waals surface area (Å²) >= 11 is 0. The van der Waals surface area contributed by atoms with Crippen LogP contribution in [0.1, 0.15) is 39.5 Å². The molecule has 0 aromatic rings. The van der Waals surface area contributed by atoms with Crippen LogP contribution in [0.4, 0.5) is 0 Å². The fourth-order valence-electron chi connectivity index (χ4n) is 1.33. The summed E-state index contributed by atoms with van der Waals surface area (Å²) in [5.41, 5.74) is 5.33. The average molecular weight is 244 g/mol. The lowest BCUT2D eigenvalue weighted by Crippen LogP contribution is -2.32. The summed E-state index contributed by atoms with van der Waals surface area (Å²) in [6, 6.07) is 0.197. The smallest absolute Gasteiger partial charge is 0.221 e. The second kappa shape index (κ2) is 9.89. The van der Waals surface area contributed by atoms with E-state index in [1.54, 1.807) is 0 Å². The van der Waals surface area contributed by atoms with Gasteiger partial charge in [-0.05, 0) is 33.2 Å². The fraction of sp³-hybridized carbons (Fsp3) is 0.818. The molecule has 6 nitrogen and oxygen atoms in total. The van der Waals surface area contributed by atoms with Gasteiger partial charge in [0.05, 0.1) is 0 Å². The van der Waals surface area contributed by atoms with Crippen LogP contribution in [0.5, 0.6) is 0 Å². The lowest BCUT2D eigenvalue weighted by atomic mass is 10.2. The van der Waals surface area contributed by atoms with Crippen LogP contribution in [-0.4, -0.2) is 36.1 Å². The van der Waals surface area contributed by atoms with Crippen molar-refractivity contribution in [3.8, 4) is 0 Å². The first-order valence-corrected chi connectivity index (χ1v) is 6.02. The van der Waals surface area contributed by atoms with Crippen molar-refractivity contribution in [2.75, 3.05) is 13.1 Å². The van der Waals surface area contributed by atoms with E-state index in [4.69, 9.17) is 10.9 Å². The second-order valence-corrected chi connectivity index (χ2v) is 4.27. The highest BCUT2D eigenvalue weighted by molar-refractivity contribution is 5.79. The van der Waals surface area contributed by atoms with E-state index in [1.165, 1.54) is 0 Å². The molecule has 6 heteroatoms. The zero-order valence-electron chi connectivity index (χ0n) is 10.7. The van der Waals surface area contributed by atoms with Crippen LogP contribution < -0.4 is 16.4 Å². The number of carbonyl (C=O) groups is 1. The summed E-state index contributed by atoms with van der Waals surface area (Å²) in [7, 11) is 0. The Balaban J connectivity index is 3.27. The molecule has 0 aliphatic rings. The van der Waals surface area contributed by atoms with Crippen molar-refractivity contribution in [3.63, 3.8) is 0 Å². The van der Waals surface area contributed by atoms with Crippen LogP contribution in [0, 0.1) is 0 Å². The summed E-state index contributed by atoms with van der Waals surface area (Å²) in [5.74, 6) is 0.338. The largest absolute Gasteiger partial charge is 0.409 e. The van der Waals surface area contributed by atoms with Crippen LogP contribution in [-0.2, 0) is 4.79 Å². The van der Waals surface area contributed by atoms with E-state index in [2.05, 4.69) is 15.8 Å². The Morgan fingerprint density at radius 3 is 2.59 bits per heavy atom. The molecule has 0 aliphatic carbocycles. The molecule has 100 valence electrons.